The average molecular weight is 409 g/mol. The molecule has 0 amide bonds. The first-order chi connectivity index (χ1) is 14.0. The summed E-state index contributed by atoms with van der Waals surface area (Å²) < 4.78 is 18.8. The number of rotatable bonds is 6. The number of H-pyrrole nitrogens is 1. The molecule has 2 aromatic heterocycles. The number of methoxy groups -OCH3 is 1. The zero-order valence-corrected chi connectivity index (χ0v) is 16.9. The topological polar surface area (TPSA) is 58.2 Å². The second-order valence-corrected chi connectivity index (χ2v) is 7.88. The van der Waals surface area contributed by atoms with Gasteiger partial charge in [0.25, 0.3) is 5.56 Å². The fourth-order valence-electron chi connectivity index (χ4n) is 3.23. The summed E-state index contributed by atoms with van der Waals surface area (Å²) >= 11 is 1.50. The Balaban J connectivity index is 1.54. The Bertz CT molecular complexity index is 1200. The Kier molecular flexibility index (Phi) is 5.42. The first kappa shape index (κ1) is 19.3. The van der Waals surface area contributed by atoms with Crippen molar-refractivity contribution in [1.29, 1.82) is 0 Å². The normalized spacial score (nSPS) is 11.3. The van der Waals surface area contributed by atoms with Gasteiger partial charge in [0.2, 0.25) is 0 Å². The highest BCUT2D eigenvalue weighted by Gasteiger charge is 2.12. The van der Waals surface area contributed by atoms with E-state index in [2.05, 4.69) is 9.97 Å². The second kappa shape index (κ2) is 8.14. The van der Waals surface area contributed by atoms with Crippen molar-refractivity contribution in [3.8, 4) is 16.2 Å². The van der Waals surface area contributed by atoms with Gasteiger partial charge >= 0.3 is 0 Å². The van der Waals surface area contributed by atoms with Crippen LogP contribution in [0.2, 0.25) is 0 Å². The smallest absolute Gasteiger partial charge is 0.259 e. The van der Waals surface area contributed by atoms with Crippen molar-refractivity contribution >= 4 is 21.6 Å². The summed E-state index contributed by atoms with van der Waals surface area (Å²) in [5.74, 6) is 0.415. The van der Waals surface area contributed by atoms with E-state index in [1.807, 2.05) is 54.4 Å². The Labute approximate surface area is 171 Å². The molecule has 0 unspecified atom stereocenters. The number of nitrogens with one attached hydrogen (secondary N) is 1. The minimum absolute atomic E-state index is 0.146. The first-order valence-electron chi connectivity index (χ1n) is 9.12. The molecule has 7 heteroatoms. The molecular formula is C22H20FN3O2S. The molecule has 0 atom stereocenters. The van der Waals surface area contributed by atoms with Crippen LogP contribution in [0.3, 0.4) is 0 Å². The monoisotopic (exact) mass is 409 g/mol. The zero-order chi connectivity index (χ0) is 20.4. The van der Waals surface area contributed by atoms with Crippen LogP contribution in [0.4, 0.5) is 4.39 Å². The molecule has 0 saturated heterocycles. The molecule has 29 heavy (non-hydrogen) atoms. The van der Waals surface area contributed by atoms with Crippen molar-refractivity contribution < 1.29 is 9.13 Å². The number of nitrogens with zero attached hydrogens (tertiary/aromatic N) is 2. The molecule has 4 aromatic rings. The average Bonchev–Trinajstić information content (AvgIpc) is 3.13. The molecule has 0 fully saturated rings. The number of ether oxygens (including phenoxy) is 1. The number of hydrogen-bond donors (Lipinski definition) is 1. The summed E-state index contributed by atoms with van der Waals surface area (Å²) in [4.78, 5) is 23.7. The molecule has 2 aromatic carbocycles. The molecule has 4 rings (SSSR count). The maximum Gasteiger partial charge on any atom is 0.259 e. The number of hydrogen-bond acceptors (Lipinski definition) is 5. The molecule has 2 heterocycles. The van der Waals surface area contributed by atoms with Gasteiger partial charge in [0, 0.05) is 11.4 Å². The fraction of sp³-hybridized carbons (Fsp3) is 0.182. The predicted molar refractivity (Wildman–Crippen MR) is 114 cm³/mol. The van der Waals surface area contributed by atoms with E-state index in [1.165, 1.54) is 24.5 Å². The standard InChI is InChI=1S/C22H20FN3O2S/c1-26(12-14-8-9-18(28-2)17(23)10-14)13-20-24-21(27)16-11-19(29-22(16)25-20)15-6-4-3-5-7-15/h3-11H,12-13H2,1-2H3,(H,24,25,27). The quantitative estimate of drug-likeness (QED) is 0.512. The van der Waals surface area contributed by atoms with Gasteiger partial charge in [0.05, 0.1) is 19.0 Å². The minimum Gasteiger partial charge on any atom is -0.494 e. The van der Waals surface area contributed by atoms with Gasteiger partial charge < -0.3 is 9.72 Å². The molecule has 0 aliphatic heterocycles. The van der Waals surface area contributed by atoms with Gasteiger partial charge in [-0.15, -0.1) is 11.3 Å². The summed E-state index contributed by atoms with van der Waals surface area (Å²) in [6.07, 6.45) is 0. The van der Waals surface area contributed by atoms with Crippen molar-refractivity contribution in [3.63, 3.8) is 0 Å². The van der Waals surface area contributed by atoms with Crippen LogP contribution in [0, 0.1) is 5.82 Å². The third-order valence-electron chi connectivity index (χ3n) is 4.60. The van der Waals surface area contributed by atoms with Gasteiger partial charge in [0.1, 0.15) is 10.7 Å². The molecule has 0 aliphatic carbocycles. The van der Waals surface area contributed by atoms with Crippen molar-refractivity contribution in [2.45, 2.75) is 13.1 Å². The summed E-state index contributed by atoms with van der Waals surface area (Å²) in [5.41, 5.74) is 1.74. The van der Waals surface area contributed by atoms with Gasteiger partial charge in [-0.05, 0) is 36.4 Å². The first-order valence-corrected chi connectivity index (χ1v) is 9.94. The van der Waals surface area contributed by atoms with E-state index in [4.69, 9.17) is 4.74 Å². The molecule has 0 radical (unpaired) electrons. The van der Waals surface area contributed by atoms with Crippen LogP contribution in [-0.2, 0) is 13.1 Å². The summed E-state index contributed by atoms with van der Waals surface area (Å²) in [7, 11) is 3.34. The van der Waals surface area contributed by atoms with E-state index >= 15 is 0 Å². The van der Waals surface area contributed by atoms with Gasteiger partial charge in [-0.1, -0.05) is 36.4 Å². The lowest BCUT2D eigenvalue weighted by molar-refractivity contribution is 0.309. The van der Waals surface area contributed by atoms with E-state index in [-0.39, 0.29) is 11.3 Å². The second-order valence-electron chi connectivity index (χ2n) is 6.85. The van der Waals surface area contributed by atoms with Crippen LogP contribution < -0.4 is 10.3 Å². The molecular weight excluding hydrogens is 389 g/mol. The van der Waals surface area contributed by atoms with Crippen LogP contribution in [-0.4, -0.2) is 29.0 Å². The predicted octanol–water partition coefficient (Wildman–Crippen LogP) is 4.43. The maximum atomic E-state index is 13.9. The van der Waals surface area contributed by atoms with Gasteiger partial charge in [0.15, 0.2) is 11.6 Å². The number of thiophene rings is 1. The Morgan fingerprint density at radius 3 is 2.66 bits per heavy atom. The van der Waals surface area contributed by atoms with Crippen LogP contribution >= 0.6 is 11.3 Å². The molecule has 0 aliphatic rings. The third kappa shape index (κ3) is 4.21. The van der Waals surface area contributed by atoms with Crippen LogP contribution in [0.1, 0.15) is 11.4 Å². The Hall–Kier alpha value is -3.03. The van der Waals surface area contributed by atoms with Crippen LogP contribution in [0.25, 0.3) is 20.7 Å². The highest BCUT2D eigenvalue weighted by atomic mass is 32.1. The number of aromatic nitrogens is 2. The van der Waals surface area contributed by atoms with E-state index in [0.29, 0.717) is 29.1 Å². The number of benzene rings is 2. The van der Waals surface area contributed by atoms with E-state index < -0.39 is 5.82 Å². The number of halogens is 1. The van der Waals surface area contributed by atoms with Crippen molar-refractivity contribution in [2.24, 2.45) is 0 Å². The lowest BCUT2D eigenvalue weighted by Gasteiger charge is -2.16. The molecule has 0 saturated carbocycles. The molecule has 1 N–H and O–H groups in total. The summed E-state index contributed by atoms with van der Waals surface area (Å²) in [6, 6.07) is 16.7. The Morgan fingerprint density at radius 2 is 1.93 bits per heavy atom. The fourth-order valence-corrected chi connectivity index (χ4v) is 4.28. The van der Waals surface area contributed by atoms with Crippen molar-refractivity contribution in [1.82, 2.24) is 14.9 Å². The number of fused-ring (bicyclic) bond motifs is 1. The lowest BCUT2D eigenvalue weighted by Crippen LogP contribution is -2.21. The van der Waals surface area contributed by atoms with Crippen molar-refractivity contribution in [3.05, 3.63) is 82.2 Å². The van der Waals surface area contributed by atoms with E-state index in [1.54, 1.807) is 6.07 Å². The SMILES string of the molecule is COc1ccc(CN(C)Cc2nc3sc(-c4ccccc4)cc3c(=O)[nH]2)cc1F. The molecule has 5 nitrogen and oxygen atoms in total. The van der Waals surface area contributed by atoms with E-state index in [0.717, 1.165) is 16.0 Å². The van der Waals surface area contributed by atoms with Crippen LogP contribution in [0.5, 0.6) is 5.75 Å². The summed E-state index contributed by atoms with van der Waals surface area (Å²) in [5, 5.41) is 0.595. The Morgan fingerprint density at radius 1 is 1.14 bits per heavy atom. The highest BCUT2D eigenvalue weighted by Crippen LogP contribution is 2.30. The van der Waals surface area contributed by atoms with Crippen molar-refractivity contribution in [2.75, 3.05) is 14.2 Å². The van der Waals surface area contributed by atoms with Gasteiger partial charge in [-0.2, -0.15) is 0 Å². The largest absolute Gasteiger partial charge is 0.494 e. The maximum absolute atomic E-state index is 13.9. The minimum atomic E-state index is -0.390. The summed E-state index contributed by atoms with van der Waals surface area (Å²) in [6.45, 7) is 0.958. The zero-order valence-electron chi connectivity index (χ0n) is 16.1. The third-order valence-corrected chi connectivity index (χ3v) is 5.68. The van der Waals surface area contributed by atoms with Gasteiger partial charge in [-0.3, -0.25) is 9.69 Å². The van der Waals surface area contributed by atoms with Gasteiger partial charge in [-0.25, -0.2) is 9.37 Å². The molecule has 0 spiro atoms. The van der Waals surface area contributed by atoms with Crippen LogP contribution in [0.15, 0.2) is 59.4 Å². The van der Waals surface area contributed by atoms with E-state index in [9.17, 15) is 9.18 Å². The molecule has 148 valence electrons. The number of aromatic amines is 1. The molecule has 0 bridgehead atoms. The lowest BCUT2D eigenvalue weighted by atomic mass is 10.2. The highest BCUT2D eigenvalue weighted by molar-refractivity contribution is 7.21.